The molecule has 3 rings (SSSR count). The number of hydrogen-bond acceptors (Lipinski definition) is 4. The SMILES string of the molecule is Cc1cnn(CC2CCCCN2C(=O)c2cc(C)on2)c1. The Morgan fingerprint density at radius 3 is 2.95 bits per heavy atom. The predicted octanol–water partition coefficient (Wildman–Crippen LogP) is 2.18. The van der Waals surface area contributed by atoms with Crippen molar-refractivity contribution >= 4 is 5.91 Å². The van der Waals surface area contributed by atoms with Gasteiger partial charge in [-0.2, -0.15) is 5.10 Å². The molecule has 0 bridgehead atoms. The largest absolute Gasteiger partial charge is 0.361 e. The van der Waals surface area contributed by atoms with Crippen molar-refractivity contribution in [3.63, 3.8) is 0 Å². The van der Waals surface area contributed by atoms with Gasteiger partial charge in [0.1, 0.15) is 5.76 Å². The number of rotatable bonds is 3. The molecule has 1 atom stereocenters. The number of carbonyl (C=O) groups excluding carboxylic acids is 1. The maximum absolute atomic E-state index is 12.6. The monoisotopic (exact) mass is 288 g/mol. The molecule has 0 saturated carbocycles. The highest BCUT2D eigenvalue weighted by molar-refractivity contribution is 5.92. The summed E-state index contributed by atoms with van der Waals surface area (Å²) in [7, 11) is 0. The molecular weight excluding hydrogens is 268 g/mol. The topological polar surface area (TPSA) is 64.2 Å². The van der Waals surface area contributed by atoms with Gasteiger partial charge in [0.2, 0.25) is 0 Å². The maximum atomic E-state index is 12.6. The number of aryl methyl sites for hydroxylation is 2. The molecule has 21 heavy (non-hydrogen) atoms. The summed E-state index contributed by atoms with van der Waals surface area (Å²) in [5, 5.41) is 8.17. The number of amides is 1. The van der Waals surface area contributed by atoms with Crippen LogP contribution in [0, 0.1) is 13.8 Å². The molecule has 6 heteroatoms. The first kappa shape index (κ1) is 13.9. The predicted molar refractivity (Wildman–Crippen MR) is 76.9 cm³/mol. The first-order chi connectivity index (χ1) is 10.1. The Balaban J connectivity index is 1.76. The molecule has 1 aliphatic rings. The molecule has 1 aliphatic heterocycles. The molecule has 6 nitrogen and oxygen atoms in total. The van der Waals surface area contributed by atoms with E-state index in [4.69, 9.17) is 4.52 Å². The average molecular weight is 288 g/mol. The van der Waals surface area contributed by atoms with Crippen molar-refractivity contribution in [1.29, 1.82) is 0 Å². The number of hydrogen-bond donors (Lipinski definition) is 0. The summed E-state index contributed by atoms with van der Waals surface area (Å²) in [6.45, 7) is 5.32. The van der Waals surface area contributed by atoms with Crippen LogP contribution in [0.25, 0.3) is 0 Å². The zero-order valence-electron chi connectivity index (χ0n) is 12.5. The van der Waals surface area contributed by atoms with Gasteiger partial charge in [-0.1, -0.05) is 5.16 Å². The van der Waals surface area contributed by atoms with Gasteiger partial charge in [0.15, 0.2) is 5.69 Å². The summed E-state index contributed by atoms with van der Waals surface area (Å²) < 4.78 is 6.93. The Bertz CT molecular complexity index is 631. The minimum absolute atomic E-state index is 0.0413. The van der Waals surface area contributed by atoms with Crippen molar-refractivity contribution in [3.8, 4) is 0 Å². The third kappa shape index (κ3) is 2.99. The Hall–Kier alpha value is -2.11. The van der Waals surface area contributed by atoms with Crippen molar-refractivity contribution in [2.75, 3.05) is 6.54 Å². The van der Waals surface area contributed by atoms with E-state index in [0.29, 0.717) is 11.5 Å². The smallest absolute Gasteiger partial charge is 0.276 e. The van der Waals surface area contributed by atoms with Crippen molar-refractivity contribution < 1.29 is 9.32 Å². The van der Waals surface area contributed by atoms with Crippen LogP contribution >= 0.6 is 0 Å². The van der Waals surface area contributed by atoms with E-state index in [1.165, 1.54) is 0 Å². The Morgan fingerprint density at radius 2 is 2.29 bits per heavy atom. The highest BCUT2D eigenvalue weighted by Gasteiger charge is 2.29. The number of carbonyl (C=O) groups is 1. The van der Waals surface area contributed by atoms with E-state index in [9.17, 15) is 4.79 Å². The zero-order valence-corrected chi connectivity index (χ0v) is 12.5. The standard InChI is InChI=1S/C15H20N4O2/c1-11-8-16-18(9-11)10-13-5-3-4-6-19(13)15(20)14-7-12(2)21-17-14/h7-9,13H,3-6,10H2,1-2H3. The van der Waals surface area contributed by atoms with Crippen molar-refractivity contribution in [2.24, 2.45) is 0 Å². The van der Waals surface area contributed by atoms with Gasteiger partial charge in [0, 0.05) is 18.8 Å². The van der Waals surface area contributed by atoms with E-state index in [0.717, 1.165) is 37.9 Å². The van der Waals surface area contributed by atoms with Crippen molar-refractivity contribution in [1.82, 2.24) is 19.8 Å². The molecule has 0 radical (unpaired) electrons. The summed E-state index contributed by atoms with van der Waals surface area (Å²) in [5.41, 5.74) is 1.53. The molecule has 0 spiro atoms. The molecule has 0 aliphatic carbocycles. The van der Waals surface area contributed by atoms with Crippen LogP contribution in [0.3, 0.4) is 0 Å². The van der Waals surface area contributed by atoms with E-state index >= 15 is 0 Å². The molecule has 2 aromatic heterocycles. The number of aromatic nitrogens is 3. The molecule has 112 valence electrons. The molecule has 0 aromatic carbocycles. The number of piperidine rings is 1. The summed E-state index contributed by atoms with van der Waals surface area (Å²) in [5.74, 6) is 0.620. The lowest BCUT2D eigenvalue weighted by atomic mass is 10.0. The van der Waals surface area contributed by atoms with Gasteiger partial charge in [-0.05, 0) is 38.7 Å². The molecule has 3 heterocycles. The quantitative estimate of drug-likeness (QED) is 0.868. The minimum Gasteiger partial charge on any atom is -0.361 e. The second kappa shape index (κ2) is 5.71. The fourth-order valence-electron chi connectivity index (χ4n) is 2.85. The van der Waals surface area contributed by atoms with E-state index in [-0.39, 0.29) is 11.9 Å². The van der Waals surface area contributed by atoms with Crippen LogP contribution < -0.4 is 0 Å². The van der Waals surface area contributed by atoms with E-state index in [1.54, 1.807) is 13.0 Å². The second-order valence-corrected chi connectivity index (χ2v) is 5.71. The average Bonchev–Trinajstić information content (AvgIpc) is 3.08. The van der Waals surface area contributed by atoms with Gasteiger partial charge in [-0.15, -0.1) is 0 Å². The van der Waals surface area contributed by atoms with Gasteiger partial charge in [0.05, 0.1) is 18.8 Å². The first-order valence-corrected chi connectivity index (χ1v) is 7.37. The minimum atomic E-state index is -0.0413. The van der Waals surface area contributed by atoms with Gasteiger partial charge < -0.3 is 9.42 Å². The molecule has 1 unspecified atom stereocenters. The molecule has 1 saturated heterocycles. The fourth-order valence-corrected chi connectivity index (χ4v) is 2.85. The molecule has 1 amide bonds. The Labute approximate surface area is 123 Å². The van der Waals surface area contributed by atoms with Crippen LogP contribution in [0.2, 0.25) is 0 Å². The summed E-state index contributed by atoms with van der Waals surface area (Å²) in [6, 6.07) is 1.87. The third-order valence-electron chi connectivity index (χ3n) is 3.90. The van der Waals surface area contributed by atoms with Gasteiger partial charge >= 0.3 is 0 Å². The summed E-state index contributed by atoms with van der Waals surface area (Å²) in [4.78, 5) is 14.5. The van der Waals surface area contributed by atoms with Crippen LogP contribution in [0.5, 0.6) is 0 Å². The highest BCUT2D eigenvalue weighted by Crippen LogP contribution is 2.21. The number of nitrogens with zero attached hydrogens (tertiary/aromatic N) is 4. The Morgan fingerprint density at radius 1 is 1.43 bits per heavy atom. The lowest BCUT2D eigenvalue weighted by Crippen LogP contribution is -2.46. The van der Waals surface area contributed by atoms with Gasteiger partial charge in [-0.3, -0.25) is 9.48 Å². The normalized spacial score (nSPS) is 19.0. The zero-order chi connectivity index (χ0) is 14.8. The van der Waals surface area contributed by atoms with Crippen molar-refractivity contribution in [3.05, 3.63) is 35.5 Å². The molecular formula is C15H20N4O2. The first-order valence-electron chi connectivity index (χ1n) is 7.37. The van der Waals surface area contributed by atoms with E-state index < -0.39 is 0 Å². The molecule has 0 N–H and O–H groups in total. The van der Waals surface area contributed by atoms with Crippen LogP contribution in [0.1, 0.15) is 41.1 Å². The lowest BCUT2D eigenvalue weighted by molar-refractivity contribution is 0.0573. The third-order valence-corrected chi connectivity index (χ3v) is 3.90. The second-order valence-electron chi connectivity index (χ2n) is 5.71. The van der Waals surface area contributed by atoms with E-state index in [1.807, 2.05) is 28.9 Å². The fraction of sp³-hybridized carbons (Fsp3) is 0.533. The lowest BCUT2D eigenvalue weighted by Gasteiger charge is -2.35. The summed E-state index contributed by atoms with van der Waals surface area (Å²) >= 11 is 0. The van der Waals surface area contributed by atoms with Crippen LogP contribution in [-0.4, -0.2) is 38.3 Å². The van der Waals surface area contributed by atoms with Gasteiger partial charge in [0.25, 0.3) is 5.91 Å². The van der Waals surface area contributed by atoms with Crippen LogP contribution in [-0.2, 0) is 6.54 Å². The molecule has 2 aromatic rings. The van der Waals surface area contributed by atoms with Crippen molar-refractivity contribution in [2.45, 2.75) is 45.7 Å². The van der Waals surface area contributed by atoms with Crippen LogP contribution in [0.15, 0.2) is 23.0 Å². The molecule has 1 fully saturated rings. The van der Waals surface area contributed by atoms with Crippen LogP contribution in [0.4, 0.5) is 0 Å². The highest BCUT2D eigenvalue weighted by atomic mass is 16.5. The number of likely N-dealkylation sites (tertiary alicyclic amines) is 1. The summed E-state index contributed by atoms with van der Waals surface area (Å²) in [6.07, 6.45) is 7.04. The maximum Gasteiger partial charge on any atom is 0.276 e. The Kier molecular flexibility index (Phi) is 3.77. The van der Waals surface area contributed by atoms with E-state index in [2.05, 4.69) is 10.3 Å². The van der Waals surface area contributed by atoms with Gasteiger partial charge in [-0.25, -0.2) is 0 Å².